The molecule has 0 saturated heterocycles. The van der Waals surface area contributed by atoms with E-state index in [4.69, 9.17) is 4.74 Å². The van der Waals surface area contributed by atoms with Gasteiger partial charge in [0.25, 0.3) is 0 Å². The normalized spacial score (nSPS) is 25.4. The number of pyridine rings is 1. The van der Waals surface area contributed by atoms with Crippen LogP contribution in [0.2, 0.25) is 0 Å². The molecule has 1 saturated carbocycles. The van der Waals surface area contributed by atoms with Gasteiger partial charge in [-0.2, -0.15) is 0 Å². The summed E-state index contributed by atoms with van der Waals surface area (Å²) in [5.41, 5.74) is 0.577. The van der Waals surface area contributed by atoms with Crippen LogP contribution in [-0.2, 0) is 10.2 Å². The molecule has 1 aromatic heterocycles. The lowest BCUT2D eigenvalue weighted by atomic mass is 9.88. The third-order valence-electron chi connectivity index (χ3n) is 3.73. The molecule has 1 atom stereocenters. The maximum atomic E-state index is 11.5. The van der Waals surface area contributed by atoms with Crippen molar-refractivity contribution >= 4 is 5.97 Å². The quantitative estimate of drug-likeness (QED) is 0.872. The van der Waals surface area contributed by atoms with Gasteiger partial charge in [0.2, 0.25) is 5.88 Å². The van der Waals surface area contributed by atoms with Crippen LogP contribution in [0.5, 0.6) is 5.88 Å². The van der Waals surface area contributed by atoms with Crippen LogP contribution in [0.15, 0.2) is 12.1 Å². The van der Waals surface area contributed by atoms with Crippen molar-refractivity contribution in [2.45, 2.75) is 32.6 Å². The van der Waals surface area contributed by atoms with Gasteiger partial charge in [0, 0.05) is 11.8 Å². The summed E-state index contributed by atoms with van der Waals surface area (Å²) in [6, 6.07) is 3.57. The SMILES string of the molecule is COc1cc(C2(C(=O)O)CC2(C)C)cc(C)n1. The molecule has 0 aliphatic heterocycles. The van der Waals surface area contributed by atoms with E-state index < -0.39 is 11.4 Å². The highest BCUT2D eigenvalue weighted by molar-refractivity contribution is 5.87. The number of nitrogens with zero attached hydrogens (tertiary/aromatic N) is 1. The first-order valence-electron chi connectivity index (χ1n) is 5.60. The number of aromatic nitrogens is 1. The number of ether oxygens (including phenoxy) is 1. The van der Waals surface area contributed by atoms with Crippen molar-refractivity contribution in [3.63, 3.8) is 0 Å². The fourth-order valence-electron chi connectivity index (χ4n) is 2.59. The molecule has 2 rings (SSSR count). The zero-order valence-corrected chi connectivity index (χ0v) is 10.6. The number of carboxylic acids is 1. The highest BCUT2D eigenvalue weighted by Gasteiger charge is 2.67. The molecule has 92 valence electrons. The van der Waals surface area contributed by atoms with Crippen molar-refractivity contribution in [3.05, 3.63) is 23.4 Å². The van der Waals surface area contributed by atoms with Gasteiger partial charge in [-0.05, 0) is 30.4 Å². The number of hydrogen-bond acceptors (Lipinski definition) is 3. The maximum Gasteiger partial charge on any atom is 0.314 e. The third-order valence-corrected chi connectivity index (χ3v) is 3.73. The van der Waals surface area contributed by atoms with E-state index in [2.05, 4.69) is 4.98 Å². The molecular formula is C13H17NO3. The number of methoxy groups -OCH3 is 1. The van der Waals surface area contributed by atoms with Gasteiger partial charge in [-0.3, -0.25) is 4.79 Å². The van der Waals surface area contributed by atoms with Crippen LogP contribution >= 0.6 is 0 Å². The summed E-state index contributed by atoms with van der Waals surface area (Å²) in [6.45, 7) is 5.80. The molecule has 1 unspecified atom stereocenters. The predicted molar refractivity (Wildman–Crippen MR) is 63.2 cm³/mol. The molecule has 1 fully saturated rings. The zero-order chi connectivity index (χ0) is 12.8. The van der Waals surface area contributed by atoms with E-state index in [-0.39, 0.29) is 5.41 Å². The van der Waals surface area contributed by atoms with E-state index in [0.29, 0.717) is 12.3 Å². The lowest BCUT2D eigenvalue weighted by Crippen LogP contribution is -2.25. The smallest absolute Gasteiger partial charge is 0.314 e. The minimum atomic E-state index is -0.784. The molecule has 0 bridgehead atoms. The Hall–Kier alpha value is -1.58. The largest absolute Gasteiger partial charge is 0.481 e. The molecule has 0 radical (unpaired) electrons. The summed E-state index contributed by atoms with van der Waals surface area (Å²) in [5.74, 6) is -0.293. The number of aliphatic carboxylic acids is 1. The second-order valence-electron chi connectivity index (χ2n) is 5.31. The topological polar surface area (TPSA) is 59.4 Å². The Labute approximate surface area is 101 Å². The second-order valence-corrected chi connectivity index (χ2v) is 5.31. The number of carbonyl (C=O) groups is 1. The Balaban J connectivity index is 2.53. The van der Waals surface area contributed by atoms with Crippen LogP contribution < -0.4 is 4.74 Å². The molecular weight excluding hydrogens is 218 g/mol. The van der Waals surface area contributed by atoms with Gasteiger partial charge >= 0.3 is 5.97 Å². The molecule has 1 aliphatic carbocycles. The Morgan fingerprint density at radius 3 is 2.47 bits per heavy atom. The summed E-state index contributed by atoms with van der Waals surface area (Å²) >= 11 is 0. The number of hydrogen-bond donors (Lipinski definition) is 1. The Morgan fingerprint density at radius 1 is 1.47 bits per heavy atom. The standard InChI is InChI=1S/C13H17NO3/c1-8-5-9(6-10(14-8)17-4)13(11(15)16)7-12(13,2)3/h5-6H,7H2,1-4H3,(H,15,16). The molecule has 0 spiro atoms. The lowest BCUT2D eigenvalue weighted by Gasteiger charge is -2.17. The van der Waals surface area contributed by atoms with Crippen molar-refractivity contribution < 1.29 is 14.6 Å². The van der Waals surface area contributed by atoms with Crippen LogP contribution in [0.4, 0.5) is 0 Å². The number of aryl methyl sites for hydroxylation is 1. The van der Waals surface area contributed by atoms with E-state index in [1.54, 1.807) is 6.07 Å². The monoisotopic (exact) mass is 235 g/mol. The molecule has 4 heteroatoms. The van der Waals surface area contributed by atoms with Crippen LogP contribution in [0.1, 0.15) is 31.5 Å². The number of rotatable bonds is 3. The molecule has 1 aliphatic rings. The van der Waals surface area contributed by atoms with Gasteiger partial charge in [0.1, 0.15) is 0 Å². The summed E-state index contributed by atoms with van der Waals surface area (Å²) in [4.78, 5) is 15.7. The molecule has 17 heavy (non-hydrogen) atoms. The van der Waals surface area contributed by atoms with Crippen molar-refractivity contribution in [1.82, 2.24) is 4.98 Å². The molecule has 1 heterocycles. The zero-order valence-electron chi connectivity index (χ0n) is 10.6. The van der Waals surface area contributed by atoms with Gasteiger partial charge in [-0.15, -0.1) is 0 Å². The highest BCUT2D eigenvalue weighted by atomic mass is 16.5. The average Bonchev–Trinajstić information content (AvgIpc) is 2.82. The van der Waals surface area contributed by atoms with Gasteiger partial charge in [-0.25, -0.2) is 4.98 Å². The first-order chi connectivity index (χ1) is 7.83. The van der Waals surface area contributed by atoms with E-state index in [9.17, 15) is 9.90 Å². The molecule has 1 N–H and O–H groups in total. The van der Waals surface area contributed by atoms with Crippen LogP contribution in [0.3, 0.4) is 0 Å². The maximum absolute atomic E-state index is 11.5. The van der Waals surface area contributed by atoms with Crippen LogP contribution in [0, 0.1) is 12.3 Å². The fraction of sp³-hybridized carbons (Fsp3) is 0.538. The minimum absolute atomic E-state index is 0.211. The highest BCUT2D eigenvalue weighted by Crippen LogP contribution is 2.64. The van der Waals surface area contributed by atoms with Crippen molar-refractivity contribution in [3.8, 4) is 5.88 Å². The first-order valence-corrected chi connectivity index (χ1v) is 5.60. The molecule has 1 aromatic rings. The van der Waals surface area contributed by atoms with Crippen LogP contribution in [-0.4, -0.2) is 23.2 Å². The Morgan fingerprint density at radius 2 is 2.06 bits per heavy atom. The van der Waals surface area contributed by atoms with Gasteiger partial charge in [0.15, 0.2) is 0 Å². The lowest BCUT2D eigenvalue weighted by molar-refractivity contribution is -0.141. The van der Waals surface area contributed by atoms with Crippen molar-refractivity contribution in [1.29, 1.82) is 0 Å². The van der Waals surface area contributed by atoms with Crippen molar-refractivity contribution in [2.75, 3.05) is 7.11 Å². The fourth-order valence-corrected chi connectivity index (χ4v) is 2.59. The minimum Gasteiger partial charge on any atom is -0.481 e. The molecule has 0 aromatic carbocycles. The summed E-state index contributed by atoms with van der Waals surface area (Å²) in [6.07, 6.45) is 0.655. The summed E-state index contributed by atoms with van der Waals surface area (Å²) < 4.78 is 5.10. The van der Waals surface area contributed by atoms with E-state index >= 15 is 0 Å². The average molecular weight is 235 g/mol. The summed E-state index contributed by atoms with van der Waals surface area (Å²) in [5, 5.41) is 9.49. The van der Waals surface area contributed by atoms with Gasteiger partial charge < -0.3 is 9.84 Å². The van der Waals surface area contributed by atoms with Crippen molar-refractivity contribution in [2.24, 2.45) is 5.41 Å². The van der Waals surface area contributed by atoms with Crippen LogP contribution in [0.25, 0.3) is 0 Å². The van der Waals surface area contributed by atoms with E-state index in [1.165, 1.54) is 7.11 Å². The number of carboxylic acid groups (broad SMARTS) is 1. The second kappa shape index (κ2) is 3.45. The van der Waals surface area contributed by atoms with E-state index in [0.717, 1.165) is 11.3 Å². The third kappa shape index (κ3) is 1.59. The van der Waals surface area contributed by atoms with E-state index in [1.807, 2.05) is 26.8 Å². The summed E-state index contributed by atoms with van der Waals surface area (Å²) in [7, 11) is 1.54. The molecule has 4 nitrogen and oxygen atoms in total. The van der Waals surface area contributed by atoms with Gasteiger partial charge in [-0.1, -0.05) is 13.8 Å². The predicted octanol–water partition coefficient (Wildman–Crippen LogP) is 2.15. The molecule has 0 amide bonds. The Kier molecular flexibility index (Phi) is 2.42. The Bertz CT molecular complexity index is 482. The van der Waals surface area contributed by atoms with Gasteiger partial charge in [0.05, 0.1) is 12.5 Å². The first kappa shape index (κ1) is 11.9.